The second kappa shape index (κ2) is 7.62. The third kappa shape index (κ3) is 3.85. The van der Waals surface area contributed by atoms with Crippen molar-refractivity contribution >= 4 is 22.8 Å². The number of thiazole rings is 1. The number of ether oxygens (including phenoxy) is 1. The molecule has 2 aromatic rings. The Kier molecular flexibility index (Phi) is 5.30. The summed E-state index contributed by atoms with van der Waals surface area (Å²) in [7, 11) is 1.65. The Bertz CT molecular complexity index is 699. The molecule has 0 atom stereocenters. The summed E-state index contributed by atoms with van der Waals surface area (Å²) in [6, 6.07) is 7.78. The van der Waals surface area contributed by atoms with Crippen molar-refractivity contribution < 1.29 is 9.53 Å². The molecule has 24 heavy (non-hydrogen) atoms. The maximum Gasteiger partial charge on any atom is 0.246 e. The molecule has 0 unspecified atom stereocenters. The molecule has 1 aromatic heterocycles. The average Bonchev–Trinajstić information content (AvgIpc) is 3.16. The Labute approximate surface area is 146 Å². The van der Waals surface area contributed by atoms with E-state index in [1.165, 1.54) is 5.01 Å². The number of piperidine rings is 1. The number of aromatic nitrogens is 1. The molecule has 2 heterocycles. The van der Waals surface area contributed by atoms with Crippen LogP contribution in [-0.2, 0) is 4.79 Å². The SMILES string of the molecule is COc1ccc(/C(C)=C/C(=O)N2CCC(c3nccs3)CC2)cc1. The van der Waals surface area contributed by atoms with Gasteiger partial charge in [0.15, 0.2) is 0 Å². The monoisotopic (exact) mass is 342 g/mol. The van der Waals surface area contributed by atoms with E-state index in [9.17, 15) is 4.79 Å². The molecule has 1 aliphatic rings. The number of hydrogen-bond acceptors (Lipinski definition) is 4. The van der Waals surface area contributed by atoms with E-state index in [4.69, 9.17) is 4.74 Å². The zero-order valence-corrected chi connectivity index (χ0v) is 14.9. The molecule has 1 aromatic carbocycles. The van der Waals surface area contributed by atoms with Crippen LogP contribution in [0.5, 0.6) is 5.75 Å². The fourth-order valence-electron chi connectivity index (χ4n) is 3.00. The van der Waals surface area contributed by atoms with Gasteiger partial charge in [-0.2, -0.15) is 0 Å². The lowest BCUT2D eigenvalue weighted by Crippen LogP contribution is -2.37. The van der Waals surface area contributed by atoms with Crippen molar-refractivity contribution in [3.63, 3.8) is 0 Å². The largest absolute Gasteiger partial charge is 0.497 e. The molecule has 0 N–H and O–H groups in total. The molecule has 5 heteroatoms. The van der Waals surface area contributed by atoms with E-state index in [1.54, 1.807) is 24.5 Å². The molecule has 1 amide bonds. The topological polar surface area (TPSA) is 42.4 Å². The summed E-state index contributed by atoms with van der Waals surface area (Å²) < 4.78 is 5.17. The van der Waals surface area contributed by atoms with Crippen LogP contribution in [0.4, 0.5) is 0 Å². The fraction of sp³-hybridized carbons (Fsp3) is 0.368. The highest BCUT2D eigenvalue weighted by atomic mass is 32.1. The first-order chi connectivity index (χ1) is 11.7. The first-order valence-corrected chi connectivity index (χ1v) is 9.06. The van der Waals surface area contributed by atoms with Gasteiger partial charge in [-0.15, -0.1) is 11.3 Å². The van der Waals surface area contributed by atoms with Crippen LogP contribution in [0.15, 0.2) is 41.9 Å². The lowest BCUT2D eigenvalue weighted by Gasteiger charge is -2.30. The Morgan fingerprint density at radius 2 is 2.00 bits per heavy atom. The first-order valence-electron chi connectivity index (χ1n) is 8.18. The minimum absolute atomic E-state index is 0.0981. The van der Waals surface area contributed by atoms with Gasteiger partial charge < -0.3 is 9.64 Å². The van der Waals surface area contributed by atoms with E-state index in [0.29, 0.717) is 5.92 Å². The second-order valence-corrected chi connectivity index (χ2v) is 6.95. The van der Waals surface area contributed by atoms with Crippen molar-refractivity contribution in [2.75, 3.05) is 20.2 Å². The van der Waals surface area contributed by atoms with Gasteiger partial charge in [-0.3, -0.25) is 4.79 Å². The summed E-state index contributed by atoms with van der Waals surface area (Å²) in [4.78, 5) is 18.9. The molecule has 0 spiro atoms. The van der Waals surface area contributed by atoms with Gasteiger partial charge in [0.05, 0.1) is 12.1 Å². The Balaban J connectivity index is 1.60. The van der Waals surface area contributed by atoms with Gasteiger partial charge in [0.2, 0.25) is 5.91 Å². The van der Waals surface area contributed by atoms with Gasteiger partial charge in [-0.05, 0) is 43.0 Å². The van der Waals surface area contributed by atoms with Crippen molar-refractivity contribution in [1.82, 2.24) is 9.88 Å². The number of likely N-dealkylation sites (tertiary alicyclic amines) is 1. The summed E-state index contributed by atoms with van der Waals surface area (Å²) in [5, 5.41) is 3.22. The van der Waals surface area contributed by atoms with Crippen LogP contribution in [0.3, 0.4) is 0 Å². The summed E-state index contributed by atoms with van der Waals surface area (Å²) in [5.74, 6) is 1.42. The van der Waals surface area contributed by atoms with E-state index in [1.807, 2.05) is 47.7 Å². The predicted molar refractivity (Wildman–Crippen MR) is 97.3 cm³/mol. The lowest BCUT2D eigenvalue weighted by molar-refractivity contribution is -0.127. The van der Waals surface area contributed by atoms with E-state index in [-0.39, 0.29) is 5.91 Å². The summed E-state index contributed by atoms with van der Waals surface area (Å²) in [6.45, 7) is 3.58. The zero-order chi connectivity index (χ0) is 16.9. The highest BCUT2D eigenvalue weighted by molar-refractivity contribution is 7.09. The molecule has 0 radical (unpaired) electrons. The standard InChI is InChI=1S/C19H22N2O2S/c1-14(15-3-5-17(23-2)6-4-15)13-18(22)21-10-7-16(8-11-21)19-20-9-12-24-19/h3-6,9,12-13,16H,7-8,10-11H2,1-2H3/b14-13+. The molecular formula is C19H22N2O2S. The van der Waals surface area contributed by atoms with Gasteiger partial charge in [0, 0.05) is 36.7 Å². The van der Waals surface area contributed by atoms with Crippen LogP contribution in [-0.4, -0.2) is 36.0 Å². The predicted octanol–water partition coefficient (Wildman–Crippen LogP) is 3.96. The number of amides is 1. The number of methoxy groups -OCH3 is 1. The van der Waals surface area contributed by atoms with Crippen LogP contribution in [0.25, 0.3) is 5.57 Å². The van der Waals surface area contributed by atoms with Crippen LogP contribution < -0.4 is 4.74 Å². The molecule has 1 fully saturated rings. The second-order valence-electron chi connectivity index (χ2n) is 6.03. The van der Waals surface area contributed by atoms with E-state index >= 15 is 0 Å². The molecule has 4 nitrogen and oxygen atoms in total. The number of benzene rings is 1. The third-order valence-corrected chi connectivity index (χ3v) is 5.43. The number of rotatable bonds is 4. The molecule has 0 aliphatic carbocycles. The van der Waals surface area contributed by atoms with Crippen molar-refractivity contribution in [3.8, 4) is 5.75 Å². The minimum atomic E-state index is 0.0981. The Hall–Kier alpha value is -2.14. The third-order valence-electron chi connectivity index (χ3n) is 4.49. The normalized spacial score (nSPS) is 16.2. The van der Waals surface area contributed by atoms with Gasteiger partial charge in [0.1, 0.15) is 5.75 Å². The molecule has 0 saturated carbocycles. The highest BCUT2D eigenvalue weighted by Gasteiger charge is 2.24. The average molecular weight is 342 g/mol. The Morgan fingerprint density at radius 3 is 2.58 bits per heavy atom. The smallest absolute Gasteiger partial charge is 0.246 e. The van der Waals surface area contributed by atoms with Crippen molar-refractivity contribution in [3.05, 3.63) is 52.5 Å². The molecule has 1 saturated heterocycles. The maximum absolute atomic E-state index is 12.5. The molecule has 126 valence electrons. The van der Waals surface area contributed by atoms with Crippen molar-refractivity contribution in [1.29, 1.82) is 0 Å². The molecule has 0 bridgehead atoms. The molecular weight excluding hydrogens is 320 g/mol. The number of allylic oxidation sites excluding steroid dienone is 1. The summed E-state index contributed by atoms with van der Waals surface area (Å²) >= 11 is 1.71. The first kappa shape index (κ1) is 16.7. The molecule has 3 rings (SSSR count). The minimum Gasteiger partial charge on any atom is -0.497 e. The summed E-state index contributed by atoms with van der Waals surface area (Å²) in [5.41, 5.74) is 2.02. The number of carbonyl (C=O) groups excluding carboxylic acids is 1. The van der Waals surface area contributed by atoms with Gasteiger partial charge in [0.25, 0.3) is 0 Å². The number of carbonyl (C=O) groups is 1. The van der Waals surface area contributed by atoms with E-state index < -0.39 is 0 Å². The van der Waals surface area contributed by atoms with Crippen molar-refractivity contribution in [2.24, 2.45) is 0 Å². The maximum atomic E-state index is 12.5. The van der Waals surface area contributed by atoms with Crippen LogP contribution in [0.1, 0.15) is 36.3 Å². The summed E-state index contributed by atoms with van der Waals surface area (Å²) in [6.07, 6.45) is 5.59. The van der Waals surface area contributed by atoms with Gasteiger partial charge in [-0.25, -0.2) is 4.98 Å². The van der Waals surface area contributed by atoms with Gasteiger partial charge in [-0.1, -0.05) is 12.1 Å². The van der Waals surface area contributed by atoms with Crippen LogP contribution in [0.2, 0.25) is 0 Å². The zero-order valence-electron chi connectivity index (χ0n) is 14.1. The molecule has 1 aliphatic heterocycles. The number of hydrogen-bond donors (Lipinski definition) is 0. The number of nitrogens with zero attached hydrogens (tertiary/aromatic N) is 2. The van der Waals surface area contributed by atoms with Crippen LogP contribution >= 0.6 is 11.3 Å². The quantitative estimate of drug-likeness (QED) is 0.790. The fourth-order valence-corrected chi connectivity index (χ4v) is 3.81. The van der Waals surface area contributed by atoms with Gasteiger partial charge >= 0.3 is 0 Å². The van der Waals surface area contributed by atoms with Crippen LogP contribution in [0, 0.1) is 0 Å². The van der Waals surface area contributed by atoms with E-state index in [0.717, 1.165) is 42.8 Å². The van der Waals surface area contributed by atoms with E-state index in [2.05, 4.69) is 4.98 Å². The highest BCUT2D eigenvalue weighted by Crippen LogP contribution is 2.29. The van der Waals surface area contributed by atoms with Crippen molar-refractivity contribution in [2.45, 2.75) is 25.7 Å². The lowest BCUT2D eigenvalue weighted by atomic mass is 9.97. The Morgan fingerprint density at radius 1 is 1.29 bits per heavy atom.